The van der Waals surface area contributed by atoms with Crippen molar-refractivity contribution in [3.8, 4) is 0 Å². The van der Waals surface area contributed by atoms with Gasteiger partial charge in [0.15, 0.2) is 11.4 Å². The summed E-state index contributed by atoms with van der Waals surface area (Å²) in [6.45, 7) is 2.99. The standard InChI is InChI=1S/C18H24N6O3/c1-12-10-15(21-27-12)18(26)23-8-6-14(7-9-23)24-11-16(20-22-24)17(25)19-13-4-2-3-5-13/h10-11,13-14H,2-9H2,1H3,(H,19,25). The first kappa shape index (κ1) is 17.7. The van der Waals surface area contributed by atoms with Crippen molar-refractivity contribution in [2.75, 3.05) is 13.1 Å². The second-order valence-corrected chi connectivity index (χ2v) is 7.38. The van der Waals surface area contributed by atoms with Crippen LogP contribution in [0.4, 0.5) is 0 Å². The number of piperidine rings is 1. The maximum Gasteiger partial charge on any atom is 0.276 e. The van der Waals surface area contributed by atoms with Gasteiger partial charge in [0.05, 0.1) is 12.2 Å². The third-order valence-electron chi connectivity index (χ3n) is 5.41. The van der Waals surface area contributed by atoms with Crippen LogP contribution < -0.4 is 5.32 Å². The van der Waals surface area contributed by atoms with E-state index in [2.05, 4.69) is 20.8 Å². The Labute approximate surface area is 157 Å². The number of carbonyl (C=O) groups is 2. The summed E-state index contributed by atoms with van der Waals surface area (Å²) < 4.78 is 6.74. The summed E-state index contributed by atoms with van der Waals surface area (Å²) >= 11 is 0. The molecule has 0 radical (unpaired) electrons. The molecular formula is C18H24N6O3. The molecule has 2 aromatic heterocycles. The van der Waals surface area contributed by atoms with E-state index in [0.29, 0.717) is 30.2 Å². The number of likely N-dealkylation sites (tertiary alicyclic amines) is 1. The van der Waals surface area contributed by atoms with E-state index in [9.17, 15) is 9.59 Å². The van der Waals surface area contributed by atoms with Crippen LogP contribution in [0.1, 0.15) is 71.3 Å². The minimum absolute atomic E-state index is 0.111. The van der Waals surface area contributed by atoms with Crippen molar-refractivity contribution in [1.29, 1.82) is 0 Å². The summed E-state index contributed by atoms with van der Waals surface area (Å²) in [6, 6.07) is 2.05. The highest BCUT2D eigenvalue weighted by Crippen LogP contribution is 2.23. The number of amides is 2. The molecule has 2 amide bonds. The van der Waals surface area contributed by atoms with Gasteiger partial charge >= 0.3 is 0 Å². The molecule has 0 unspecified atom stereocenters. The Morgan fingerprint density at radius 2 is 1.89 bits per heavy atom. The topological polar surface area (TPSA) is 106 Å². The van der Waals surface area contributed by atoms with Crippen LogP contribution in [0.25, 0.3) is 0 Å². The smallest absolute Gasteiger partial charge is 0.276 e. The molecule has 9 nitrogen and oxygen atoms in total. The zero-order valence-electron chi connectivity index (χ0n) is 15.4. The van der Waals surface area contributed by atoms with Crippen LogP contribution in [0.3, 0.4) is 0 Å². The third kappa shape index (κ3) is 3.86. The van der Waals surface area contributed by atoms with Gasteiger partial charge in [0.25, 0.3) is 11.8 Å². The predicted octanol–water partition coefficient (Wildman–Crippen LogP) is 1.72. The van der Waals surface area contributed by atoms with E-state index in [4.69, 9.17) is 4.52 Å². The minimum Gasteiger partial charge on any atom is -0.361 e. The van der Waals surface area contributed by atoms with Crippen molar-refractivity contribution in [2.45, 2.75) is 57.5 Å². The van der Waals surface area contributed by atoms with Crippen LogP contribution in [0.15, 0.2) is 16.8 Å². The van der Waals surface area contributed by atoms with Crippen molar-refractivity contribution in [2.24, 2.45) is 0 Å². The zero-order valence-corrected chi connectivity index (χ0v) is 15.4. The molecule has 9 heteroatoms. The van der Waals surface area contributed by atoms with E-state index in [1.165, 1.54) is 12.8 Å². The van der Waals surface area contributed by atoms with Crippen molar-refractivity contribution < 1.29 is 14.1 Å². The van der Waals surface area contributed by atoms with Crippen LogP contribution in [-0.4, -0.2) is 56.0 Å². The van der Waals surface area contributed by atoms with Gasteiger partial charge in [0.1, 0.15) is 5.76 Å². The van der Waals surface area contributed by atoms with E-state index in [0.717, 1.165) is 25.7 Å². The SMILES string of the molecule is Cc1cc(C(=O)N2CCC(n3cc(C(=O)NC4CCCC4)nn3)CC2)no1. The third-order valence-corrected chi connectivity index (χ3v) is 5.41. The lowest BCUT2D eigenvalue weighted by Gasteiger charge is -2.31. The van der Waals surface area contributed by atoms with Gasteiger partial charge in [-0.1, -0.05) is 23.2 Å². The number of nitrogens with one attached hydrogen (secondary N) is 1. The van der Waals surface area contributed by atoms with Gasteiger partial charge in [-0.3, -0.25) is 9.59 Å². The first-order valence-electron chi connectivity index (χ1n) is 9.55. The monoisotopic (exact) mass is 372 g/mol. The Kier molecular flexibility index (Phi) is 4.91. The normalized spacial score (nSPS) is 18.8. The lowest BCUT2D eigenvalue weighted by molar-refractivity contribution is 0.0678. The molecule has 27 heavy (non-hydrogen) atoms. The summed E-state index contributed by atoms with van der Waals surface area (Å²) in [5, 5.41) is 15.0. The predicted molar refractivity (Wildman–Crippen MR) is 95.2 cm³/mol. The molecule has 1 saturated heterocycles. The number of hydrogen-bond donors (Lipinski definition) is 1. The molecule has 1 aliphatic heterocycles. The van der Waals surface area contributed by atoms with Crippen LogP contribution in [-0.2, 0) is 0 Å². The second kappa shape index (κ2) is 7.50. The molecule has 1 N–H and O–H groups in total. The molecule has 1 saturated carbocycles. The number of carbonyl (C=O) groups excluding carboxylic acids is 2. The zero-order chi connectivity index (χ0) is 18.8. The van der Waals surface area contributed by atoms with Crippen LogP contribution in [0, 0.1) is 6.92 Å². The first-order valence-corrected chi connectivity index (χ1v) is 9.55. The Bertz CT molecular complexity index is 815. The van der Waals surface area contributed by atoms with E-state index in [1.807, 2.05) is 0 Å². The molecule has 144 valence electrons. The Hall–Kier alpha value is -2.71. The van der Waals surface area contributed by atoms with Crippen LogP contribution in [0.5, 0.6) is 0 Å². The molecule has 0 aromatic carbocycles. The number of hydrogen-bond acceptors (Lipinski definition) is 6. The second-order valence-electron chi connectivity index (χ2n) is 7.38. The fourth-order valence-electron chi connectivity index (χ4n) is 3.85. The number of aromatic nitrogens is 4. The lowest BCUT2D eigenvalue weighted by atomic mass is 10.0. The van der Waals surface area contributed by atoms with Crippen molar-refractivity contribution >= 4 is 11.8 Å². The number of rotatable bonds is 4. The Morgan fingerprint density at radius 1 is 1.15 bits per heavy atom. The van der Waals surface area contributed by atoms with Gasteiger partial charge in [-0.05, 0) is 32.6 Å². The van der Waals surface area contributed by atoms with Gasteiger partial charge in [-0.15, -0.1) is 5.10 Å². The minimum atomic E-state index is -0.151. The molecule has 0 atom stereocenters. The summed E-state index contributed by atoms with van der Waals surface area (Å²) in [6.07, 6.45) is 7.65. The summed E-state index contributed by atoms with van der Waals surface area (Å²) in [7, 11) is 0. The Morgan fingerprint density at radius 3 is 2.56 bits per heavy atom. The summed E-state index contributed by atoms with van der Waals surface area (Å²) in [5.41, 5.74) is 0.705. The van der Waals surface area contributed by atoms with Crippen LogP contribution >= 0.6 is 0 Å². The molecule has 2 aliphatic rings. The molecule has 4 rings (SSSR count). The van der Waals surface area contributed by atoms with Crippen molar-refractivity contribution in [3.05, 3.63) is 29.4 Å². The van der Waals surface area contributed by atoms with E-state index in [1.54, 1.807) is 28.8 Å². The lowest BCUT2D eigenvalue weighted by Crippen LogP contribution is -2.39. The molecule has 0 bridgehead atoms. The number of nitrogens with zero attached hydrogens (tertiary/aromatic N) is 5. The average molecular weight is 372 g/mol. The fraction of sp³-hybridized carbons (Fsp3) is 0.611. The highest BCUT2D eigenvalue weighted by Gasteiger charge is 2.27. The largest absolute Gasteiger partial charge is 0.361 e. The molecule has 3 heterocycles. The van der Waals surface area contributed by atoms with Gasteiger partial charge in [-0.2, -0.15) is 0 Å². The van der Waals surface area contributed by atoms with Gasteiger partial charge in [0, 0.05) is 25.2 Å². The van der Waals surface area contributed by atoms with Crippen LogP contribution in [0.2, 0.25) is 0 Å². The Balaban J connectivity index is 1.32. The quantitative estimate of drug-likeness (QED) is 0.876. The highest BCUT2D eigenvalue weighted by atomic mass is 16.5. The van der Waals surface area contributed by atoms with E-state index < -0.39 is 0 Å². The average Bonchev–Trinajstić information content (AvgIpc) is 3.43. The molecular weight excluding hydrogens is 348 g/mol. The van der Waals surface area contributed by atoms with Gasteiger partial charge in [0.2, 0.25) is 0 Å². The van der Waals surface area contributed by atoms with Gasteiger partial charge in [-0.25, -0.2) is 4.68 Å². The van der Waals surface area contributed by atoms with Crippen molar-refractivity contribution in [3.63, 3.8) is 0 Å². The van der Waals surface area contributed by atoms with E-state index in [-0.39, 0.29) is 23.9 Å². The molecule has 1 aliphatic carbocycles. The van der Waals surface area contributed by atoms with Gasteiger partial charge < -0.3 is 14.7 Å². The molecule has 2 aromatic rings. The summed E-state index contributed by atoms with van der Waals surface area (Å²) in [4.78, 5) is 26.5. The maximum absolute atomic E-state index is 12.4. The maximum atomic E-state index is 12.4. The first-order chi connectivity index (χ1) is 13.1. The number of aryl methyl sites for hydroxylation is 1. The summed E-state index contributed by atoms with van der Waals surface area (Å²) in [5.74, 6) is 0.363. The fourth-order valence-corrected chi connectivity index (χ4v) is 3.85. The highest BCUT2D eigenvalue weighted by molar-refractivity contribution is 5.92. The van der Waals surface area contributed by atoms with E-state index >= 15 is 0 Å². The van der Waals surface area contributed by atoms with Crippen molar-refractivity contribution in [1.82, 2.24) is 30.4 Å². The molecule has 2 fully saturated rings. The molecule has 0 spiro atoms.